The minimum Gasteiger partial charge on any atom is -0.319 e. The Morgan fingerprint density at radius 3 is 1.80 bits per heavy atom. The van der Waals surface area contributed by atoms with Crippen LogP contribution in [0, 0.1) is 4.93 Å². The molecule has 0 saturated carbocycles. The van der Waals surface area contributed by atoms with E-state index >= 15 is 0 Å². The van der Waals surface area contributed by atoms with E-state index in [2.05, 4.69) is 4.93 Å². The summed E-state index contributed by atoms with van der Waals surface area (Å²) in [6.07, 6.45) is 0. The molecule has 31 valence electrons. The molecule has 0 bridgehead atoms. The van der Waals surface area contributed by atoms with Crippen molar-refractivity contribution in [1.29, 1.82) is 1.28 Å². The van der Waals surface area contributed by atoms with Crippen molar-refractivity contribution in [3.8, 4) is 0 Å². The first kappa shape index (κ1) is 10.9. The average Bonchev–Trinajstić information content (AvgIpc) is 1.46. The normalized spacial score (nSPS) is 7.40. The van der Waals surface area contributed by atoms with E-state index in [0.717, 1.165) is 0 Å². The molecule has 1 unspecified atom stereocenters. The van der Waals surface area contributed by atoms with Crippen LogP contribution >= 0.6 is 51.5 Å². The van der Waals surface area contributed by atoms with Gasteiger partial charge in [0, 0.05) is 32.7 Å². The predicted molar refractivity (Wildman–Crippen MR) is 43.1 cm³/mol. The number of halogens is 2. The number of hydrogen-bond acceptors (Lipinski definition) is 0. The Morgan fingerprint density at radius 2 is 1.80 bits per heavy atom. The van der Waals surface area contributed by atoms with E-state index < -0.39 is 0 Å². The maximum Gasteiger partial charge on any atom is 0.0656 e. The van der Waals surface area contributed by atoms with Gasteiger partial charge in [0.1, 0.15) is 0 Å². The molecule has 1 atom stereocenters. The summed E-state index contributed by atoms with van der Waals surface area (Å²) in [5.74, 6) is 0. The van der Waals surface area contributed by atoms with E-state index in [1.54, 1.807) is 0 Å². The van der Waals surface area contributed by atoms with Crippen LogP contribution in [0.15, 0.2) is 0 Å². The summed E-state index contributed by atoms with van der Waals surface area (Å²) in [6.45, 7) is 0.303. The fourth-order valence-corrected chi connectivity index (χ4v) is 0. The van der Waals surface area contributed by atoms with Gasteiger partial charge in [0.25, 0.3) is 0 Å². The Bertz CT molecular complexity index is 13.5. The topological polar surface area (TPSA) is 0 Å². The van der Waals surface area contributed by atoms with Crippen molar-refractivity contribution in [2.75, 3.05) is 0 Å². The summed E-state index contributed by atoms with van der Waals surface area (Å²) in [5.41, 5.74) is 0. The van der Waals surface area contributed by atoms with Crippen LogP contribution in [0.3, 0.4) is 0 Å². The molecular weight excluding hydrogens is 386 g/mol. The van der Waals surface area contributed by atoms with Crippen molar-refractivity contribution in [3.63, 3.8) is 0 Å². The first-order chi connectivity index (χ1) is 2.41. The first-order valence-electron chi connectivity index (χ1n) is 0.956. The third kappa shape index (κ3) is 19.5. The summed E-state index contributed by atoms with van der Waals surface area (Å²) < 4.78 is 6.22. The van der Waals surface area contributed by atoms with Crippen LogP contribution in [0.25, 0.3) is 0 Å². The zero-order chi connectivity index (χ0) is 4.71. The minimum atomic E-state index is 0. The number of rotatable bonds is 0. The van der Waals surface area contributed by atoms with Gasteiger partial charge in [-0.15, -0.1) is 0 Å². The van der Waals surface area contributed by atoms with Gasteiger partial charge in [0.05, 0.1) is 1.28 Å². The predicted octanol–water partition coefficient (Wildman–Crippen LogP) is 2.42. The molecule has 0 rings (SSSR count). The van der Waals surface area contributed by atoms with Crippen LogP contribution in [0.5, 0.6) is 0 Å². The molecule has 0 fully saturated rings. The summed E-state index contributed by atoms with van der Waals surface area (Å²) in [4.78, 5) is 3.22. The molecule has 0 spiro atoms. The monoisotopic (exact) mass is 392 g/mol. The molecule has 0 aromatic heterocycles. The van der Waals surface area contributed by atoms with Crippen molar-refractivity contribution in [3.05, 3.63) is 4.93 Å². The number of hydrogen-bond donors (Lipinski definition) is 0. The molecule has 1 radical (unpaired) electrons. The molecule has 0 heterocycles. The third-order valence-corrected chi connectivity index (χ3v) is 0. The minimum absolute atomic E-state index is 0. The molecular formula is CH4I2PY-. The second-order valence-corrected chi connectivity index (χ2v) is 0. The summed E-state index contributed by atoms with van der Waals surface area (Å²) in [7, 11) is 0. The largest absolute Gasteiger partial charge is 0.319 e. The Balaban J connectivity index is -0.0000000275. The maximum atomic E-state index is 6.22. The molecule has 5 heavy (non-hydrogen) atoms. The Morgan fingerprint density at radius 1 is 1.80 bits per heavy atom. The van der Waals surface area contributed by atoms with Crippen molar-refractivity contribution >= 4 is 51.5 Å². The van der Waals surface area contributed by atoms with Crippen LogP contribution in [0.4, 0.5) is 0 Å². The second kappa shape index (κ2) is 28.0. The van der Waals surface area contributed by atoms with Gasteiger partial charge in [-0.05, 0) is 0 Å². The van der Waals surface area contributed by atoms with E-state index in [4.69, 9.17) is 1.28 Å². The first-order valence-corrected chi connectivity index (χ1v) is 5.60. The fraction of sp³-hybridized carbons (Fsp3) is 0. The molecule has 0 aliphatic rings. The summed E-state index contributed by atoms with van der Waals surface area (Å²) >= 11 is 3.88. The van der Waals surface area contributed by atoms with Crippen molar-refractivity contribution in [2.45, 2.75) is 0 Å². The van der Waals surface area contributed by atoms with Gasteiger partial charge in [0.15, 0.2) is 0 Å². The molecule has 0 aromatic carbocycles. The van der Waals surface area contributed by atoms with Crippen molar-refractivity contribution in [1.82, 2.24) is 0 Å². The molecule has 0 amide bonds. The molecule has 4 heteroatoms. The van der Waals surface area contributed by atoms with Gasteiger partial charge in [-0.2, -0.15) is 0 Å². The van der Waals surface area contributed by atoms with Crippen LogP contribution in [-0.4, -0.2) is 1.28 Å². The molecule has 0 saturated heterocycles. The molecule has 0 nitrogen and oxygen atoms in total. The summed E-state index contributed by atoms with van der Waals surface area (Å²) in [6, 6.07) is 0. The van der Waals surface area contributed by atoms with E-state index in [0.29, 0.717) is 6.83 Å². The van der Waals surface area contributed by atoms with E-state index in [9.17, 15) is 0 Å². The van der Waals surface area contributed by atoms with Gasteiger partial charge in [-0.3, -0.25) is 4.93 Å². The fourth-order valence-electron chi connectivity index (χ4n) is 0. The van der Waals surface area contributed by atoms with E-state index in [1.165, 1.54) is 0 Å². The van der Waals surface area contributed by atoms with Gasteiger partial charge in [0.2, 0.25) is 0 Å². The van der Waals surface area contributed by atoms with E-state index in [-0.39, 0.29) is 32.7 Å². The summed E-state index contributed by atoms with van der Waals surface area (Å²) in [5, 5.41) is 0. The molecule has 0 aliphatic heterocycles. The van der Waals surface area contributed by atoms with E-state index in [1.807, 2.05) is 44.6 Å². The van der Waals surface area contributed by atoms with Gasteiger partial charge in [-0.25, -0.2) is 0 Å². The zero-order valence-electron chi connectivity index (χ0n) is 3.54. The van der Waals surface area contributed by atoms with Crippen LogP contribution in [0.2, 0.25) is 0 Å². The van der Waals surface area contributed by atoms with Gasteiger partial charge >= 0.3 is 0 Å². The maximum absolute atomic E-state index is 6.22. The quantitative estimate of drug-likeness (QED) is 0.338. The second-order valence-electron chi connectivity index (χ2n) is 0. The average molecular weight is 392 g/mol. The Hall–Kier alpha value is 2.99. The molecule has 0 aromatic rings. The van der Waals surface area contributed by atoms with Gasteiger partial charge < -0.3 is 22.6 Å². The third-order valence-electron chi connectivity index (χ3n) is 0. The van der Waals surface area contributed by atoms with Crippen molar-refractivity contribution < 1.29 is 32.7 Å². The van der Waals surface area contributed by atoms with Crippen LogP contribution in [0.1, 0.15) is 0 Å². The molecule has 0 aliphatic carbocycles. The van der Waals surface area contributed by atoms with Crippen LogP contribution < -0.4 is 0 Å². The standard InChI is InChI=1S/CH2I.H2IP.Y/c2*1-2;/h1H2;2H2;/q-1;;/i;2T;. The zero-order valence-corrected chi connectivity index (χ0v) is 10.7. The Labute approximate surface area is 88.6 Å². The SMILES string of the molecule is [3H]PI.[CH2-]I.[Y]. The smallest absolute Gasteiger partial charge is 0.0656 e. The molecule has 0 N–H and O–H groups in total. The Kier molecular flexibility index (Phi) is 61.0. The van der Waals surface area contributed by atoms with Crippen molar-refractivity contribution in [2.24, 2.45) is 0 Å². The van der Waals surface area contributed by atoms with Gasteiger partial charge in [-0.1, -0.05) is 28.9 Å². The van der Waals surface area contributed by atoms with Crippen LogP contribution in [-0.2, 0) is 32.7 Å².